The van der Waals surface area contributed by atoms with Crippen molar-refractivity contribution in [2.75, 3.05) is 11.9 Å². The number of amides is 2. The second-order valence-corrected chi connectivity index (χ2v) is 7.56. The Hall–Kier alpha value is -3.64. The van der Waals surface area contributed by atoms with E-state index >= 15 is 0 Å². The molecule has 0 aliphatic carbocycles. The summed E-state index contributed by atoms with van der Waals surface area (Å²) in [7, 11) is 1.98. The number of hydrogen-bond acceptors (Lipinski definition) is 3. The summed E-state index contributed by atoms with van der Waals surface area (Å²) >= 11 is 5.82. The van der Waals surface area contributed by atoms with E-state index in [1.807, 2.05) is 60.1 Å². The predicted molar refractivity (Wildman–Crippen MR) is 123 cm³/mol. The first-order chi connectivity index (χ1) is 15.0. The third kappa shape index (κ3) is 4.75. The molecule has 7 heteroatoms. The molecule has 0 saturated heterocycles. The maximum atomic E-state index is 12.2. The van der Waals surface area contributed by atoms with Gasteiger partial charge >= 0.3 is 0 Å². The van der Waals surface area contributed by atoms with Crippen molar-refractivity contribution < 1.29 is 9.59 Å². The monoisotopic (exact) mass is 432 g/mol. The molecular weight excluding hydrogens is 412 g/mol. The van der Waals surface area contributed by atoms with E-state index in [4.69, 9.17) is 11.6 Å². The molecule has 1 aromatic heterocycles. The molecule has 3 aromatic carbocycles. The van der Waals surface area contributed by atoms with Gasteiger partial charge in [-0.05, 0) is 60.7 Å². The molecule has 0 unspecified atom stereocenters. The summed E-state index contributed by atoms with van der Waals surface area (Å²) in [6.45, 7) is 0.241. The molecule has 1 heterocycles. The van der Waals surface area contributed by atoms with E-state index in [-0.39, 0.29) is 24.8 Å². The molecule has 2 amide bonds. The van der Waals surface area contributed by atoms with Crippen molar-refractivity contribution >= 4 is 40.1 Å². The van der Waals surface area contributed by atoms with Gasteiger partial charge in [-0.2, -0.15) is 0 Å². The van der Waals surface area contributed by atoms with Crippen LogP contribution in [0.15, 0.2) is 72.8 Å². The normalized spacial score (nSPS) is 10.8. The van der Waals surface area contributed by atoms with Crippen molar-refractivity contribution in [1.29, 1.82) is 0 Å². The zero-order valence-corrected chi connectivity index (χ0v) is 17.7. The van der Waals surface area contributed by atoms with Crippen molar-refractivity contribution in [3.8, 4) is 11.4 Å². The number of anilines is 1. The summed E-state index contributed by atoms with van der Waals surface area (Å²) in [5.41, 5.74) is 4.17. The molecule has 0 atom stereocenters. The number of nitrogens with zero attached hydrogens (tertiary/aromatic N) is 2. The average Bonchev–Trinajstić information content (AvgIpc) is 3.11. The molecule has 0 fully saturated rings. The van der Waals surface area contributed by atoms with Gasteiger partial charge < -0.3 is 15.2 Å². The fraction of sp³-hybridized carbons (Fsp3) is 0.125. The summed E-state index contributed by atoms with van der Waals surface area (Å²) in [4.78, 5) is 29.0. The van der Waals surface area contributed by atoms with E-state index in [1.54, 1.807) is 24.3 Å². The van der Waals surface area contributed by atoms with Crippen LogP contribution >= 0.6 is 11.6 Å². The smallest absolute Gasteiger partial charge is 0.251 e. The Morgan fingerprint density at radius 3 is 2.39 bits per heavy atom. The number of aryl methyl sites for hydroxylation is 1. The van der Waals surface area contributed by atoms with Gasteiger partial charge in [-0.1, -0.05) is 23.7 Å². The highest BCUT2D eigenvalue weighted by molar-refractivity contribution is 6.30. The minimum absolute atomic E-state index is 0.172. The minimum Gasteiger partial charge on any atom is -0.352 e. The Bertz CT molecular complexity index is 1230. The van der Waals surface area contributed by atoms with Crippen molar-refractivity contribution in [3.63, 3.8) is 0 Å². The Morgan fingerprint density at radius 1 is 0.968 bits per heavy atom. The van der Waals surface area contributed by atoms with E-state index in [9.17, 15) is 9.59 Å². The van der Waals surface area contributed by atoms with Crippen LogP contribution in [-0.2, 0) is 11.8 Å². The molecule has 0 spiro atoms. The number of benzene rings is 3. The van der Waals surface area contributed by atoms with E-state index < -0.39 is 0 Å². The standard InChI is InChI=1S/C24H21ClN4O2/c1-29-21-5-3-2-4-20(21)28-23(29)16-8-12-19(13-9-16)27-22(30)14-15-26-24(31)17-6-10-18(25)11-7-17/h2-13H,14-15H2,1H3,(H,26,31)(H,27,30). The molecule has 0 aliphatic heterocycles. The second-order valence-electron chi connectivity index (χ2n) is 7.12. The van der Waals surface area contributed by atoms with Crippen LogP contribution in [0.4, 0.5) is 5.69 Å². The van der Waals surface area contributed by atoms with Crippen LogP contribution in [0, 0.1) is 0 Å². The number of hydrogen-bond donors (Lipinski definition) is 2. The molecule has 31 heavy (non-hydrogen) atoms. The topological polar surface area (TPSA) is 76.0 Å². The molecule has 6 nitrogen and oxygen atoms in total. The van der Waals surface area contributed by atoms with Crippen LogP contribution in [-0.4, -0.2) is 27.9 Å². The van der Waals surface area contributed by atoms with Gasteiger partial charge in [0.2, 0.25) is 5.91 Å². The van der Waals surface area contributed by atoms with Gasteiger partial charge in [0.05, 0.1) is 11.0 Å². The molecule has 0 bridgehead atoms. The van der Waals surface area contributed by atoms with Gasteiger partial charge in [-0.3, -0.25) is 9.59 Å². The summed E-state index contributed by atoms with van der Waals surface area (Å²) in [5.74, 6) is 0.451. The third-order valence-corrected chi connectivity index (χ3v) is 5.21. The molecule has 2 N–H and O–H groups in total. The van der Waals surface area contributed by atoms with Crippen LogP contribution in [0.25, 0.3) is 22.4 Å². The fourth-order valence-electron chi connectivity index (χ4n) is 3.32. The van der Waals surface area contributed by atoms with Crippen molar-refractivity contribution in [2.45, 2.75) is 6.42 Å². The van der Waals surface area contributed by atoms with E-state index in [1.165, 1.54) is 0 Å². The Kier molecular flexibility index (Phi) is 6.00. The molecule has 4 aromatic rings. The summed E-state index contributed by atoms with van der Waals surface area (Å²) in [6, 6.07) is 22.1. The highest BCUT2D eigenvalue weighted by atomic mass is 35.5. The lowest BCUT2D eigenvalue weighted by molar-refractivity contribution is -0.116. The number of fused-ring (bicyclic) bond motifs is 1. The van der Waals surface area contributed by atoms with Crippen molar-refractivity contribution in [1.82, 2.24) is 14.9 Å². The maximum absolute atomic E-state index is 12.2. The second kappa shape index (κ2) is 9.02. The number of imidazole rings is 1. The van der Waals surface area contributed by atoms with E-state index in [0.717, 1.165) is 22.4 Å². The van der Waals surface area contributed by atoms with Crippen molar-refractivity contribution in [3.05, 3.63) is 83.4 Å². The van der Waals surface area contributed by atoms with Crippen molar-refractivity contribution in [2.24, 2.45) is 7.05 Å². The van der Waals surface area contributed by atoms with Gasteiger partial charge in [0.25, 0.3) is 5.91 Å². The Labute approximate surface area is 184 Å². The lowest BCUT2D eigenvalue weighted by Gasteiger charge is -2.08. The first-order valence-electron chi connectivity index (χ1n) is 9.87. The third-order valence-electron chi connectivity index (χ3n) is 4.96. The van der Waals surface area contributed by atoms with Gasteiger partial charge in [0.15, 0.2) is 0 Å². The number of para-hydroxylation sites is 2. The van der Waals surface area contributed by atoms with E-state index in [0.29, 0.717) is 16.3 Å². The van der Waals surface area contributed by atoms with Gasteiger partial charge in [0.1, 0.15) is 5.82 Å². The Balaban J connectivity index is 1.32. The number of rotatable bonds is 6. The molecule has 0 saturated carbocycles. The molecule has 4 rings (SSSR count). The van der Waals surface area contributed by atoms with Gasteiger partial charge in [-0.15, -0.1) is 0 Å². The molecule has 0 aliphatic rings. The van der Waals surface area contributed by atoms with Crippen LogP contribution in [0.5, 0.6) is 0 Å². The molecular formula is C24H21ClN4O2. The summed E-state index contributed by atoms with van der Waals surface area (Å²) in [6.07, 6.45) is 0.172. The maximum Gasteiger partial charge on any atom is 0.251 e. The first-order valence-corrected chi connectivity index (χ1v) is 10.2. The number of halogens is 1. The SMILES string of the molecule is Cn1c(-c2ccc(NC(=O)CCNC(=O)c3ccc(Cl)cc3)cc2)nc2ccccc21. The summed E-state index contributed by atoms with van der Waals surface area (Å²) in [5, 5.41) is 6.15. The number of carbonyl (C=O) groups is 2. The first kappa shape index (κ1) is 20.6. The zero-order valence-electron chi connectivity index (χ0n) is 16.9. The average molecular weight is 433 g/mol. The molecule has 156 valence electrons. The molecule has 0 radical (unpaired) electrons. The van der Waals surface area contributed by atoms with Crippen LogP contribution in [0.2, 0.25) is 5.02 Å². The quantitative estimate of drug-likeness (QED) is 0.465. The number of nitrogens with one attached hydrogen (secondary N) is 2. The zero-order chi connectivity index (χ0) is 21.8. The predicted octanol–water partition coefficient (Wildman–Crippen LogP) is 4.65. The highest BCUT2D eigenvalue weighted by Crippen LogP contribution is 2.24. The minimum atomic E-state index is -0.240. The lowest BCUT2D eigenvalue weighted by atomic mass is 10.2. The number of carbonyl (C=O) groups excluding carboxylic acids is 2. The summed E-state index contributed by atoms with van der Waals surface area (Å²) < 4.78 is 2.05. The largest absolute Gasteiger partial charge is 0.352 e. The van der Waals surface area contributed by atoms with Gasteiger partial charge in [0, 0.05) is 41.9 Å². The van der Waals surface area contributed by atoms with Gasteiger partial charge in [-0.25, -0.2) is 4.98 Å². The highest BCUT2D eigenvalue weighted by Gasteiger charge is 2.10. The lowest BCUT2D eigenvalue weighted by Crippen LogP contribution is -2.27. The fourth-order valence-corrected chi connectivity index (χ4v) is 3.45. The van der Waals surface area contributed by atoms with E-state index in [2.05, 4.69) is 15.6 Å². The number of aromatic nitrogens is 2. The van der Waals surface area contributed by atoms with Crippen LogP contribution < -0.4 is 10.6 Å². The van der Waals surface area contributed by atoms with Crippen LogP contribution in [0.3, 0.4) is 0 Å². The Morgan fingerprint density at radius 2 is 1.68 bits per heavy atom. The van der Waals surface area contributed by atoms with Crippen LogP contribution in [0.1, 0.15) is 16.8 Å².